The van der Waals surface area contributed by atoms with Crippen molar-refractivity contribution in [3.63, 3.8) is 0 Å². The number of hydrogen-bond acceptors (Lipinski definition) is 5. The van der Waals surface area contributed by atoms with Gasteiger partial charge in [-0.05, 0) is 25.3 Å². The van der Waals surface area contributed by atoms with E-state index in [4.69, 9.17) is 9.47 Å². The van der Waals surface area contributed by atoms with Crippen molar-refractivity contribution in [2.45, 2.75) is 57.6 Å². The quantitative estimate of drug-likeness (QED) is 0.722. The molecule has 1 aliphatic heterocycles. The van der Waals surface area contributed by atoms with Crippen molar-refractivity contribution in [2.75, 3.05) is 6.61 Å². The van der Waals surface area contributed by atoms with E-state index in [0.29, 0.717) is 11.4 Å². The van der Waals surface area contributed by atoms with Crippen LogP contribution < -0.4 is 16.0 Å². The number of aromatic nitrogens is 2. The molecule has 2 heterocycles. The Balaban J connectivity index is 1.87. The second kappa shape index (κ2) is 8.50. The summed E-state index contributed by atoms with van der Waals surface area (Å²) in [5.41, 5.74) is 0.451. The summed E-state index contributed by atoms with van der Waals surface area (Å²) < 4.78 is 14.4. The fourth-order valence-electron chi connectivity index (χ4n) is 4.67. The van der Waals surface area contributed by atoms with Crippen LogP contribution in [0.4, 0.5) is 0 Å². The maximum absolute atomic E-state index is 13.1. The van der Waals surface area contributed by atoms with Crippen LogP contribution in [0.3, 0.4) is 0 Å². The van der Waals surface area contributed by atoms with Crippen LogP contribution in [0.25, 0.3) is 0 Å². The maximum atomic E-state index is 13.1. The second-order valence-corrected chi connectivity index (χ2v) is 8.10. The lowest BCUT2D eigenvalue weighted by atomic mass is 9.87. The van der Waals surface area contributed by atoms with Crippen molar-refractivity contribution in [3.05, 3.63) is 62.3 Å². The van der Waals surface area contributed by atoms with Crippen molar-refractivity contribution in [1.29, 1.82) is 0 Å². The molecule has 4 rings (SSSR count). The van der Waals surface area contributed by atoms with Gasteiger partial charge in [0.15, 0.2) is 0 Å². The Bertz CT molecular complexity index is 1030. The first kappa shape index (κ1) is 20.4. The van der Waals surface area contributed by atoms with E-state index < -0.39 is 23.6 Å². The topological polar surface area (TPSA) is 79.5 Å². The third-order valence-electron chi connectivity index (χ3n) is 6.22. The van der Waals surface area contributed by atoms with Gasteiger partial charge in [0, 0.05) is 19.5 Å². The first-order valence-corrected chi connectivity index (χ1v) is 10.8. The Hall–Kier alpha value is -2.83. The number of benzene rings is 1. The zero-order valence-corrected chi connectivity index (χ0v) is 17.5. The Labute approximate surface area is 175 Å². The molecule has 1 aliphatic carbocycles. The molecular weight excluding hydrogens is 384 g/mol. The zero-order chi connectivity index (χ0) is 21.3. The maximum Gasteiger partial charge on any atom is 0.333 e. The molecule has 1 saturated carbocycles. The molecule has 160 valence electrons. The summed E-state index contributed by atoms with van der Waals surface area (Å²) >= 11 is 0. The van der Waals surface area contributed by atoms with Gasteiger partial charge in [-0.1, -0.05) is 49.6 Å². The van der Waals surface area contributed by atoms with E-state index in [0.717, 1.165) is 42.2 Å². The van der Waals surface area contributed by atoms with Crippen molar-refractivity contribution in [1.82, 2.24) is 9.13 Å². The summed E-state index contributed by atoms with van der Waals surface area (Å²) in [6.45, 7) is 2.01. The standard InChI is InChI=1S/C23H28N2O5/c1-3-29-22(27)17-14-18-20(26)24(2)23(28)25(16-12-8-5-9-13-16)21(18)30-19(17)15-10-6-4-7-11-15/h4,6-7,10-11,16-17,19H,3,5,8-9,12-14H2,1-2H3/t17-,19+/m0/s1. The molecule has 2 atom stereocenters. The van der Waals surface area contributed by atoms with Crippen LogP contribution in [-0.4, -0.2) is 21.7 Å². The average Bonchev–Trinajstić information content (AvgIpc) is 2.78. The van der Waals surface area contributed by atoms with Gasteiger partial charge in [-0.15, -0.1) is 0 Å². The van der Waals surface area contributed by atoms with Gasteiger partial charge < -0.3 is 9.47 Å². The molecule has 0 unspecified atom stereocenters. The Morgan fingerprint density at radius 3 is 2.50 bits per heavy atom. The van der Waals surface area contributed by atoms with Crippen molar-refractivity contribution < 1.29 is 14.3 Å². The summed E-state index contributed by atoms with van der Waals surface area (Å²) in [5.74, 6) is -0.719. The predicted octanol–water partition coefficient (Wildman–Crippen LogP) is 2.91. The lowest BCUT2D eigenvalue weighted by molar-refractivity contribution is -0.152. The first-order valence-electron chi connectivity index (χ1n) is 10.8. The van der Waals surface area contributed by atoms with Crippen LogP contribution in [0.2, 0.25) is 0 Å². The van der Waals surface area contributed by atoms with E-state index in [1.54, 1.807) is 11.5 Å². The van der Waals surface area contributed by atoms with Gasteiger partial charge in [-0.2, -0.15) is 0 Å². The SMILES string of the molecule is CCOC(=O)[C@H]1Cc2c(n(C3CCCCC3)c(=O)n(C)c2=O)O[C@@H]1c1ccccc1. The third kappa shape index (κ3) is 3.57. The van der Waals surface area contributed by atoms with Gasteiger partial charge in [-0.25, -0.2) is 4.79 Å². The number of fused-ring (bicyclic) bond motifs is 1. The summed E-state index contributed by atoms with van der Waals surface area (Å²) in [6.07, 6.45) is 4.57. The van der Waals surface area contributed by atoms with E-state index in [1.165, 1.54) is 7.05 Å². The smallest absolute Gasteiger partial charge is 0.333 e. The molecular formula is C23H28N2O5. The van der Waals surface area contributed by atoms with E-state index in [2.05, 4.69) is 0 Å². The molecule has 1 fully saturated rings. The first-order chi connectivity index (χ1) is 14.5. The molecule has 0 N–H and O–H groups in total. The highest BCUT2D eigenvalue weighted by Crippen LogP contribution is 2.40. The molecule has 2 aliphatic rings. The number of rotatable bonds is 4. The van der Waals surface area contributed by atoms with Gasteiger partial charge in [0.05, 0.1) is 12.2 Å². The Morgan fingerprint density at radius 2 is 1.83 bits per heavy atom. The lowest BCUT2D eigenvalue weighted by Crippen LogP contribution is -2.46. The number of carbonyl (C=O) groups excluding carboxylic acids is 1. The summed E-state index contributed by atoms with van der Waals surface area (Å²) in [4.78, 5) is 38.8. The summed E-state index contributed by atoms with van der Waals surface area (Å²) in [5, 5.41) is 0. The minimum absolute atomic E-state index is 0.00219. The Morgan fingerprint density at radius 1 is 1.13 bits per heavy atom. The fraction of sp³-hybridized carbons (Fsp3) is 0.522. The molecule has 7 nitrogen and oxygen atoms in total. The highest BCUT2D eigenvalue weighted by Gasteiger charge is 2.41. The van der Waals surface area contributed by atoms with Crippen molar-refractivity contribution in [2.24, 2.45) is 13.0 Å². The minimum atomic E-state index is -0.648. The molecule has 0 radical (unpaired) electrons. The largest absolute Gasteiger partial charge is 0.469 e. The van der Waals surface area contributed by atoms with Gasteiger partial charge in [0.1, 0.15) is 12.0 Å². The van der Waals surface area contributed by atoms with Gasteiger partial charge >= 0.3 is 11.7 Å². The van der Waals surface area contributed by atoms with Crippen LogP contribution in [0.15, 0.2) is 39.9 Å². The van der Waals surface area contributed by atoms with Crippen molar-refractivity contribution >= 4 is 5.97 Å². The van der Waals surface area contributed by atoms with E-state index in [-0.39, 0.29) is 24.8 Å². The van der Waals surface area contributed by atoms with Gasteiger partial charge in [-0.3, -0.25) is 18.7 Å². The van der Waals surface area contributed by atoms with Crippen LogP contribution in [0.5, 0.6) is 5.88 Å². The molecule has 1 aromatic carbocycles. The van der Waals surface area contributed by atoms with Gasteiger partial charge in [0.2, 0.25) is 5.88 Å². The number of hydrogen-bond donors (Lipinski definition) is 0. The van der Waals surface area contributed by atoms with Crippen molar-refractivity contribution in [3.8, 4) is 5.88 Å². The lowest BCUT2D eigenvalue weighted by Gasteiger charge is -2.35. The molecule has 0 amide bonds. The van der Waals surface area contributed by atoms with Crippen LogP contribution in [0, 0.1) is 5.92 Å². The third-order valence-corrected chi connectivity index (χ3v) is 6.22. The number of esters is 1. The Kier molecular flexibility index (Phi) is 5.79. The fourth-order valence-corrected chi connectivity index (χ4v) is 4.67. The highest BCUT2D eigenvalue weighted by atomic mass is 16.5. The highest BCUT2D eigenvalue weighted by molar-refractivity contribution is 5.74. The average molecular weight is 412 g/mol. The molecule has 1 aromatic heterocycles. The summed E-state index contributed by atoms with van der Waals surface area (Å²) in [6, 6.07) is 9.46. The molecule has 30 heavy (non-hydrogen) atoms. The van der Waals surface area contributed by atoms with E-state index in [1.807, 2.05) is 30.3 Å². The van der Waals surface area contributed by atoms with E-state index in [9.17, 15) is 14.4 Å². The van der Waals surface area contributed by atoms with Crippen LogP contribution in [0.1, 0.15) is 62.3 Å². The molecule has 0 saturated heterocycles. The number of nitrogens with zero attached hydrogens (tertiary/aromatic N) is 2. The molecule has 7 heteroatoms. The molecule has 2 aromatic rings. The molecule has 0 bridgehead atoms. The van der Waals surface area contributed by atoms with E-state index >= 15 is 0 Å². The normalized spacial score (nSPS) is 21.5. The number of carbonyl (C=O) groups is 1. The van der Waals surface area contributed by atoms with Crippen LogP contribution in [-0.2, 0) is 23.0 Å². The monoisotopic (exact) mass is 412 g/mol. The number of ether oxygens (including phenoxy) is 2. The summed E-state index contributed by atoms with van der Waals surface area (Å²) in [7, 11) is 1.49. The zero-order valence-electron chi connectivity index (χ0n) is 17.5. The van der Waals surface area contributed by atoms with Gasteiger partial charge in [0.25, 0.3) is 5.56 Å². The van der Waals surface area contributed by atoms with Crippen LogP contribution >= 0.6 is 0 Å². The predicted molar refractivity (Wildman–Crippen MR) is 112 cm³/mol. The molecule has 0 spiro atoms. The second-order valence-electron chi connectivity index (χ2n) is 8.10. The minimum Gasteiger partial charge on any atom is -0.469 e.